The topological polar surface area (TPSA) is 95.3 Å². The normalized spacial score (nSPS) is 15.2. The number of nitrogens with one attached hydrogen (secondary N) is 1. The van der Waals surface area contributed by atoms with Gasteiger partial charge in [0.05, 0.1) is 23.5 Å². The average molecular weight is 497 g/mol. The van der Waals surface area contributed by atoms with Gasteiger partial charge in [-0.2, -0.15) is 5.26 Å². The highest BCUT2D eigenvalue weighted by molar-refractivity contribution is 6.05. The molecule has 0 aliphatic carbocycles. The maximum Gasteiger partial charge on any atom is 0.255 e. The molecule has 1 unspecified atom stereocenters. The molecule has 190 valence electrons. The monoisotopic (exact) mass is 496 g/mol. The van der Waals surface area contributed by atoms with Gasteiger partial charge in [-0.3, -0.25) is 14.6 Å². The van der Waals surface area contributed by atoms with Gasteiger partial charge in [0.1, 0.15) is 6.23 Å². The molecule has 7 heteroatoms. The molecule has 0 saturated carbocycles. The van der Waals surface area contributed by atoms with Gasteiger partial charge >= 0.3 is 0 Å². The molecular formula is C30H32N4O3. The molecule has 4 rings (SSSR count). The lowest BCUT2D eigenvalue weighted by molar-refractivity contribution is 0.000873. The molecule has 7 nitrogen and oxygen atoms in total. The lowest BCUT2D eigenvalue weighted by Gasteiger charge is -2.23. The number of rotatable bonds is 5. The molecule has 1 fully saturated rings. The van der Waals surface area contributed by atoms with Crippen molar-refractivity contribution in [1.82, 2.24) is 9.88 Å². The number of hydrogen-bond donors (Lipinski definition) is 1. The molecule has 37 heavy (non-hydrogen) atoms. The minimum absolute atomic E-state index is 0.0801. The molecule has 2 aromatic carbocycles. The summed E-state index contributed by atoms with van der Waals surface area (Å²) in [7, 11) is 1.77. The van der Waals surface area contributed by atoms with E-state index in [9.17, 15) is 14.9 Å². The Balaban J connectivity index is 1.55. The van der Waals surface area contributed by atoms with E-state index in [4.69, 9.17) is 4.74 Å². The van der Waals surface area contributed by atoms with Gasteiger partial charge in [0.2, 0.25) is 0 Å². The first-order chi connectivity index (χ1) is 17.6. The number of amides is 2. The van der Waals surface area contributed by atoms with Gasteiger partial charge in [0.15, 0.2) is 0 Å². The number of nitriles is 1. The van der Waals surface area contributed by atoms with Crippen molar-refractivity contribution in [2.45, 2.75) is 52.2 Å². The summed E-state index contributed by atoms with van der Waals surface area (Å²) >= 11 is 0. The van der Waals surface area contributed by atoms with Crippen LogP contribution in [0.1, 0.15) is 71.1 Å². The van der Waals surface area contributed by atoms with Crippen LogP contribution in [-0.4, -0.2) is 41.6 Å². The van der Waals surface area contributed by atoms with Gasteiger partial charge in [-0.25, -0.2) is 0 Å². The zero-order valence-electron chi connectivity index (χ0n) is 22.0. The van der Waals surface area contributed by atoms with E-state index < -0.39 is 0 Å². The van der Waals surface area contributed by atoms with Crippen LogP contribution in [0, 0.1) is 18.3 Å². The van der Waals surface area contributed by atoms with Crippen LogP contribution >= 0.6 is 0 Å². The molecule has 0 spiro atoms. The molecule has 1 aromatic heterocycles. The van der Waals surface area contributed by atoms with Crippen LogP contribution in [0.25, 0.3) is 11.1 Å². The Hall–Kier alpha value is -4.02. The highest BCUT2D eigenvalue weighted by Crippen LogP contribution is 2.28. The summed E-state index contributed by atoms with van der Waals surface area (Å²) in [6.45, 7) is 8.71. The number of hydrogen-bond acceptors (Lipinski definition) is 5. The number of benzene rings is 2. The number of carbonyl (C=O) groups is 2. The smallest absolute Gasteiger partial charge is 0.255 e. The van der Waals surface area contributed by atoms with Crippen molar-refractivity contribution in [3.05, 3.63) is 82.7 Å². The lowest BCUT2D eigenvalue weighted by atomic mass is 9.85. The molecule has 2 amide bonds. The first kappa shape index (κ1) is 26.1. The van der Waals surface area contributed by atoms with E-state index in [2.05, 4.69) is 16.4 Å². The lowest BCUT2D eigenvalue weighted by Crippen LogP contribution is -2.36. The predicted molar refractivity (Wildman–Crippen MR) is 143 cm³/mol. The molecule has 0 radical (unpaired) electrons. The second-order valence-corrected chi connectivity index (χ2v) is 10.4. The predicted octanol–water partition coefficient (Wildman–Crippen LogP) is 5.69. The van der Waals surface area contributed by atoms with Gasteiger partial charge in [-0.15, -0.1) is 0 Å². The van der Waals surface area contributed by atoms with Crippen LogP contribution < -0.4 is 5.32 Å². The van der Waals surface area contributed by atoms with Crippen LogP contribution in [0.15, 0.2) is 54.7 Å². The number of nitrogens with zero attached hydrogens (tertiary/aromatic N) is 3. The SMILES string of the molecule is Cc1ncc(NC(=O)c2cc(C#N)cc(C(C)(C)C)c2)cc1-c1ccc(C(=O)N(C)C2CCCO2)cc1. The zero-order chi connectivity index (χ0) is 26.7. The van der Waals surface area contributed by atoms with Crippen LogP contribution in [-0.2, 0) is 10.2 Å². The minimum Gasteiger partial charge on any atom is -0.358 e. The molecule has 0 bridgehead atoms. The maximum absolute atomic E-state index is 13.1. The quantitative estimate of drug-likeness (QED) is 0.490. The van der Waals surface area contributed by atoms with Crippen molar-refractivity contribution < 1.29 is 14.3 Å². The molecule has 3 aromatic rings. The summed E-state index contributed by atoms with van der Waals surface area (Å²) in [5.74, 6) is -0.388. The average Bonchev–Trinajstić information content (AvgIpc) is 3.43. The molecule has 1 aliphatic heterocycles. The van der Waals surface area contributed by atoms with Gasteiger partial charge in [0, 0.05) is 36.0 Å². The molecule has 1 N–H and O–H groups in total. The summed E-state index contributed by atoms with van der Waals surface area (Å²) in [6, 6.07) is 16.6. The molecular weight excluding hydrogens is 464 g/mol. The van der Waals surface area contributed by atoms with Gasteiger partial charge in [-0.1, -0.05) is 32.9 Å². The maximum atomic E-state index is 13.1. The van der Waals surface area contributed by atoms with E-state index in [1.54, 1.807) is 36.3 Å². The van der Waals surface area contributed by atoms with Crippen molar-refractivity contribution in [2.75, 3.05) is 19.0 Å². The summed E-state index contributed by atoms with van der Waals surface area (Å²) in [5.41, 5.74) is 5.25. The van der Waals surface area contributed by atoms with Gasteiger partial charge in [-0.05, 0) is 72.7 Å². The molecule has 2 heterocycles. The van der Waals surface area contributed by atoms with Crippen molar-refractivity contribution in [1.29, 1.82) is 5.26 Å². The Morgan fingerprint density at radius 1 is 1.11 bits per heavy atom. The Labute approximate surface area is 218 Å². The Morgan fingerprint density at radius 3 is 2.46 bits per heavy atom. The van der Waals surface area contributed by atoms with Crippen molar-refractivity contribution >= 4 is 17.5 Å². The number of pyridine rings is 1. The molecule has 1 saturated heterocycles. The van der Waals surface area contributed by atoms with E-state index >= 15 is 0 Å². The summed E-state index contributed by atoms with van der Waals surface area (Å²) < 4.78 is 5.63. The second-order valence-electron chi connectivity index (χ2n) is 10.4. The summed E-state index contributed by atoms with van der Waals surface area (Å²) in [4.78, 5) is 32.1. The highest BCUT2D eigenvalue weighted by Gasteiger charge is 2.25. The zero-order valence-corrected chi connectivity index (χ0v) is 22.0. The summed E-state index contributed by atoms with van der Waals surface area (Å²) in [5, 5.41) is 12.4. The standard InChI is InChI=1S/C30H32N4O3/c1-19-26(21-8-10-22(11-9-21)29(36)34(5)27-7-6-12-37-27)16-25(18-32-19)33-28(35)23-13-20(17-31)14-24(15-23)30(2,3)4/h8-11,13-16,18,27H,6-7,12H2,1-5H3,(H,33,35). The fourth-order valence-corrected chi connectivity index (χ4v) is 4.35. The second kappa shape index (κ2) is 10.5. The van der Waals surface area contributed by atoms with Crippen LogP contribution in [0.4, 0.5) is 5.69 Å². The first-order valence-electron chi connectivity index (χ1n) is 12.4. The highest BCUT2D eigenvalue weighted by atomic mass is 16.5. The molecule has 1 aliphatic rings. The summed E-state index contributed by atoms with van der Waals surface area (Å²) in [6.07, 6.45) is 3.25. The first-order valence-corrected chi connectivity index (χ1v) is 12.4. The van der Waals surface area contributed by atoms with E-state index in [0.29, 0.717) is 29.0 Å². The number of aromatic nitrogens is 1. The largest absolute Gasteiger partial charge is 0.358 e. The Morgan fingerprint density at radius 2 is 1.84 bits per heavy atom. The molecule has 1 atom stereocenters. The van der Waals surface area contributed by atoms with E-state index in [1.165, 1.54) is 0 Å². The Kier molecular flexibility index (Phi) is 7.42. The van der Waals surface area contributed by atoms with Crippen molar-refractivity contribution in [3.8, 4) is 17.2 Å². The van der Waals surface area contributed by atoms with Gasteiger partial charge < -0.3 is 15.0 Å². The fraction of sp³-hybridized carbons (Fsp3) is 0.333. The fourth-order valence-electron chi connectivity index (χ4n) is 4.35. The number of ether oxygens (including phenoxy) is 1. The van der Waals surface area contributed by atoms with Crippen molar-refractivity contribution in [3.63, 3.8) is 0 Å². The van der Waals surface area contributed by atoms with E-state index in [0.717, 1.165) is 35.2 Å². The van der Waals surface area contributed by atoms with Crippen LogP contribution in [0.3, 0.4) is 0 Å². The number of aryl methyl sites for hydroxylation is 1. The van der Waals surface area contributed by atoms with E-state index in [1.807, 2.05) is 58.0 Å². The van der Waals surface area contributed by atoms with Crippen molar-refractivity contribution in [2.24, 2.45) is 0 Å². The third-order valence-electron chi connectivity index (χ3n) is 6.64. The van der Waals surface area contributed by atoms with E-state index in [-0.39, 0.29) is 23.5 Å². The minimum atomic E-state index is -0.308. The van der Waals surface area contributed by atoms with Crippen LogP contribution in [0.5, 0.6) is 0 Å². The van der Waals surface area contributed by atoms with Crippen LogP contribution in [0.2, 0.25) is 0 Å². The number of carbonyl (C=O) groups excluding carboxylic acids is 2. The third-order valence-corrected chi connectivity index (χ3v) is 6.64. The Bertz CT molecular complexity index is 1360. The van der Waals surface area contributed by atoms with Gasteiger partial charge in [0.25, 0.3) is 11.8 Å². The third kappa shape index (κ3) is 5.87. The number of anilines is 1.